The first-order chi connectivity index (χ1) is 4.30. The largest absolute Gasteiger partial charge is 0.506 e. The van der Waals surface area contributed by atoms with Crippen LogP contribution in [-0.4, -0.2) is 17.9 Å². The fourth-order valence-electron chi connectivity index (χ4n) is 0.617. The van der Waals surface area contributed by atoms with Crippen molar-refractivity contribution in [3.63, 3.8) is 0 Å². The Kier molecular flexibility index (Phi) is 1.68. The predicted molar refractivity (Wildman–Crippen MR) is 37.8 cm³/mol. The summed E-state index contributed by atoms with van der Waals surface area (Å²) in [5.74, 6) is 0.267. The van der Waals surface area contributed by atoms with Gasteiger partial charge in [0.15, 0.2) is 0 Å². The van der Waals surface area contributed by atoms with E-state index in [1.807, 2.05) is 19.1 Å². The molecule has 0 fully saturated rings. The lowest BCUT2D eigenvalue weighted by atomic mass is 10.2. The van der Waals surface area contributed by atoms with Gasteiger partial charge in [-0.25, -0.2) is 0 Å². The molecule has 0 saturated heterocycles. The van der Waals surface area contributed by atoms with Crippen molar-refractivity contribution in [2.24, 2.45) is 4.99 Å². The average molecular weight is 123 g/mol. The maximum absolute atomic E-state index is 9.04. The van der Waals surface area contributed by atoms with Crippen molar-refractivity contribution in [3.05, 3.63) is 23.5 Å². The summed E-state index contributed by atoms with van der Waals surface area (Å²) in [5.41, 5.74) is 0.872. The monoisotopic (exact) mass is 123 g/mol. The zero-order chi connectivity index (χ0) is 6.69. The van der Waals surface area contributed by atoms with Crippen molar-refractivity contribution in [1.29, 1.82) is 0 Å². The van der Waals surface area contributed by atoms with Gasteiger partial charge in [-0.1, -0.05) is 12.2 Å². The highest BCUT2D eigenvalue weighted by atomic mass is 16.3. The van der Waals surface area contributed by atoms with Crippen LogP contribution in [0.2, 0.25) is 0 Å². The second-order valence-corrected chi connectivity index (χ2v) is 1.96. The van der Waals surface area contributed by atoms with Gasteiger partial charge in [0.2, 0.25) is 0 Å². The average Bonchev–Trinajstić information content (AvgIpc) is 1.99. The summed E-state index contributed by atoms with van der Waals surface area (Å²) >= 11 is 0. The van der Waals surface area contributed by atoms with Gasteiger partial charge < -0.3 is 5.11 Å². The molecular weight excluding hydrogens is 114 g/mol. The maximum atomic E-state index is 9.04. The number of hydrogen-bond acceptors (Lipinski definition) is 2. The van der Waals surface area contributed by atoms with Gasteiger partial charge in [-0.3, -0.25) is 4.99 Å². The Labute approximate surface area is 54.2 Å². The molecule has 0 bridgehead atoms. The lowest BCUT2D eigenvalue weighted by Gasteiger charge is -1.89. The minimum atomic E-state index is 0.267. The van der Waals surface area contributed by atoms with E-state index in [4.69, 9.17) is 5.11 Å². The molecule has 1 aliphatic heterocycles. The lowest BCUT2D eigenvalue weighted by Crippen LogP contribution is -1.83. The van der Waals surface area contributed by atoms with E-state index in [0.717, 1.165) is 5.57 Å². The number of aliphatic imine (C=N–C) groups is 1. The van der Waals surface area contributed by atoms with E-state index >= 15 is 0 Å². The van der Waals surface area contributed by atoms with Crippen molar-refractivity contribution < 1.29 is 5.11 Å². The van der Waals surface area contributed by atoms with Crippen molar-refractivity contribution in [1.82, 2.24) is 0 Å². The molecule has 9 heavy (non-hydrogen) atoms. The van der Waals surface area contributed by atoms with Crippen LogP contribution in [-0.2, 0) is 0 Å². The van der Waals surface area contributed by atoms with Crippen LogP contribution < -0.4 is 0 Å². The summed E-state index contributed by atoms with van der Waals surface area (Å²) in [6, 6.07) is 0. The summed E-state index contributed by atoms with van der Waals surface area (Å²) in [4.78, 5) is 3.88. The normalized spacial score (nSPS) is 18.3. The molecule has 0 amide bonds. The molecule has 0 unspecified atom stereocenters. The van der Waals surface area contributed by atoms with Gasteiger partial charge in [-0.05, 0) is 12.5 Å². The van der Waals surface area contributed by atoms with Crippen LogP contribution in [0.1, 0.15) is 6.92 Å². The van der Waals surface area contributed by atoms with Gasteiger partial charge in [-0.15, -0.1) is 0 Å². The highest BCUT2D eigenvalue weighted by Crippen LogP contribution is 2.02. The second kappa shape index (κ2) is 2.49. The molecule has 0 aliphatic carbocycles. The minimum absolute atomic E-state index is 0.267. The molecule has 1 heterocycles. The summed E-state index contributed by atoms with van der Waals surface area (Å²) in [7, 11) is 0. The molecule has 0 saturated carbocycles. The van der Waals surface area contributed by atoms with Gasteiger partial charge in [0.25, 0.3) is 0 Å². The van der Waals surface area contributed by atoms with Crippen LogP contribution >= 0.6 is 0 Å². The van der Waals surface area contributed by atoms with Crippen LogP contribution in [0.5, 0.6) is 0 Å². The third-order valence-electron chi connectivity index (χ3n) is 1.20. The molecule has 48 valence electrons. The Morgan fingerprint density at radius 1 is 1.67 bits per heavy atom. The zero-order valence-corrected chi connectivity index (χ0v) is 5.33. The van der Waals surface area contributed by atoms with E-state index in [1.54, 1.807) is 0 Å². The minimum Gasteiger partial charge on any atom is -0.506 e. The van der Waals surface area contributed by atoms with E-state index in [0.29, 0.717) is 6.54 Å². The SMILES string of the molecule is CC1=C(O)C=NCC=C1. The van der Waals surface area contributed by atoms with Gasteiger partial charge in [0.1, 0.15) is 5.76 Å². The molecular formula is C7H9NO. The highest BCUT2D eigenvalue weighted by Gasteiger charge is 1.93. The van der Waals surface area contributed by atoms with E-state index in [-0.39, 0.29) is 5.76 Å². The molecule has 0 aromatic rings. The zero-order valence-electron chi connectivity index (χ0n) is 5.33. The van der Waals surface area contributed by atoms with Gasteiger partial charge in [0.05, 0.1) is 12.8 Å². The molecule has 0 spiro atoms. The van der Waals surface area contributed by atoms with Gasteiger partial charge in [0, 0.05) is 0 Å². The summed E-state index contributed by atoms with van der Waals surface area (Å²) in [5, 5.41) is 9.04. The van der Waals surface area contributed by atoms with Crippen LogP contribution in [0.3, 0.4) is 0 Å². The molecule has 1 aliphatic rings. The quantitative estimate of drug-likeness (QED) is 0.519. The Hall–Kier alpha value is -1.05. The van der Waals surface area contributed by atoms with Crippen molar-refractivity contribution >= 4 is 6.21 Å². The fraction of sp³-hybridized carbons (Fsp3) is 0.286. The standard InChI is InChI=1S/C7H9NO/c1-6-3-2-4-8-5-7(6)9/h2-3,5,9H,4H2,1H3. The Bertz CT molecular complexity index is 169. The van der Waals surface area contributed by atoms with Crippen LogP contribution in [0.15, 0.2) is 28.5 Å². The number of nitrogens with zero attached hydrogens (tertiary/aromatic N) is 1. The van der Waals surface area contributed by atoms with E-state index in [2.05, 4.69) is 4.99 Å². The van der Waals surface area contributed by atoms with Crippen molar-refractivity contribution in [2.75, 3.05) is 6.54 Å². The summed E-state index contributed by atoms with van der Waals surface area (Å²) < 4.78 is 0. The number of aliphatic hydroxyl groups excluding tert-OH is 1. The highest BCUT2D eigenvalue weighted by molar-refractivity contribution is 5.77. The molecule has 0 aromatic heterocycles. The molecule has 2 heteroatoms. The Morgan fingerprint density at radius 3 is 3.22 bits per heavy atom. The number of aliphatic hydroxyl groups is 1. The second-order valence-electron chi connectivity index (χ2n) is 1.96. The first-order valence-electron chi connectivity index (χ1n) is 2.87. The third kappa shape index (κ3) is 1.42. The number of rotatable bonds is 0. The van der Waals surface area contributed by atoms with Crippen molar-refractivity contribution in [2.45, 2.75) is 6.92 Å². The molecule has 2 nitrogen and oxygen atoms in total. The summed E-state index contributed by atoms with van der Waals surface area (Å²) in [6.07, 6.45) is 5.26. The van der Waals surface area contributed by atoms with E-state index < -0.39 is 0 Å². The number of allylic oxidation sites excluding steroid dienone is 3. The predicted octanol–water partition coefficient (Wildman–Crippen LogP) is 1.46. The molecule has 1 N–H and O–H groups in total. The molecule has 0 atom stereocenters. The number of hydrogen-bond donors (Lipinski definition) is 1. The van der Waals surface area contributed by atoms with Crippen LogP contribution in [0.25, 0.3) is 0 Å². The third-order valence-corrected chi connectivity index (χ3v) is 1.20. The van der Waals surface area contributed by atoms with E-state index in [1.165, 1.54) is 6.21 Å². The summed E-state index contributed by atoms with van der Waals surface area (Å²) in [6.45, 7) is 2.52. The Morgan fingerprint density at radius 2 is 2.44 bits per heavy atom. The smallest absolute Gasteiger partial charge is 0.136 e. The fourth-order valence-corrected chi connectivity index (χ4v) is 0.617. The van der Waals surface area contributed by atoms with Crippen LogP contribution in [0, 0.1) is 0 Å². The topological polar surface area (TPSA) is 32.6 Å². The lowest BCUT2D eigenvalue weighted by molar-refractivity contribution is 0.442. The van der Waals surface area contributed by atoms with Crippen LogP contribution in [0.4, 0.5) is 0 Å². The van der Waals surface area contributed by atoms with E-state index in [9.17, 15) is 0 Å². The molecule has 0 aromatic carbocycles. The Balaban J connectivity index is 2.90. The van der Waals surface area contributed by atoms with Gasteiger partial charge in [-0.2, -0.15) is 0 Å². The van der Waals surface area contributed by atoms with Crippen molar-refractivity contribution in [3.8, 4) is 0 Å². The molecule has 1 rings (SSSR count). The maximum Gasteiger partial charge on any atom is 0.136 e. The molecule has 0 radical (unpaired) electrons. The first-order valence-corrected chi connectivity index (χ1v) is 2.87. The van der Waals surface area contributed by atoms with Gasteiger partial charge >= 0.3 is 0 Å². The first kappa shape index (κ1) is 6.08.